The molecule has 0 radical (unpaired) electrons. The maximum Gasteiger partial charge on any atom is 0.262 e. The van der Waals surface area contributed by atoms with Crippen LogP contribution in [0.3, 0.4) is 0 Å². The van der Waals surface area contributed by atoms with Gasteiger partial charge in [-0.15, -0.1) is 0 Å². The average molecular weight is 403 g/mol. The quantitative estimate of drug-likeness (QED) is 0.660. The summed E-state index contributed by atoms with van der Waals surface area (Å²) >= 11 is 0. The van der Waals surface area contributed by atoms with E-state index in [1.165, 1.54) is 35.3 Å². The van der Waals surface area contributed by atoms with Crippen LogP contribution in [-0.4, -0.2) is 51.9 Å². The first-order chi connectivity index (χ1) is 13.5. The van der Waals surface area contributed by atoms with Crippen LogP contribution in [0.25, 0.3) is 11.3 Å². The molecule has 1 fully saturated rings. The van der Waals surface area contributed by atoms with Crippen molar-refractivity contribution in [3.63, 3.8) is 0 Å². The van der Waals surface area contributed by atoms with E-state index >= 15 is 0 Å². The molecule has 1 saturated heterocycles. The molecule has 4 rings (SSSR count). The van der Waals surface area contributed by atoms with Gasteiger partial charge < -0.3 is 9.30 Å². The number of aromatic nitrogens is 4. The number of morpholine rings is 1. The molecule has 146 valence electrons. The zero-order valence-electron chi connectivity index (χ0n) is 15.1. The molecule has 0 saturated carbocycles. The van der Waals surface area contributed by atoms with Crippen molar-refractivity contribution >= 4 is 10.0 Å². The summed E-state index contributed by atoms with van der Waals surface area (Å²) in [4.78, 5) is 12.5. The highest BCUT2D eigenvalue weighted by atomic mass is 32.2. The van der Waals surface area contributed by atoms with E-state index in [0.29, 0.717) is 17.0 Å². The summed E-state index contributed by atoms with van der Waals surface area (Å²) in [6, 6.07) is 6.24. The van der Waals surface area contributed by atoms with E-state index in [1.54, 1.807) is 29.8 Å². The number of hydrogen-bond donors (Lipinski definition) is 0. The molecule has 28 heavy (non-hydrogen) atoms. The van der Waals surface area contributed by atoms with Crippen LogP contribution in [0.4, 0.5) is 4.39 Å². The van der Waals surface area contributed by atoms with E-state index in [-0.39, 0.29) is 24.7 Å². The van der Waals surface area contributed by atoms with Crippen LogP contribution < -0.4 is 0 Å². The van der Waals surface area contributed by atoms with Gasteiger partial charge in [-0.2, -0.15) is 4.31 Å². The smallest absolute Gasteiger partial charge is 0.262 e. The highest BCUT2D eigenvalue weighted by molar-refractivity contribution is 7.89. The summed E-state index contributed by atoms with van der Waals surface area (Å²) in [5, 5.41) is -0.0240. The minimum absolute atomic E-state index is 0.0240. The number of hydrogen-bond acceptors (Lipinski definition) is 6. The van der Waals surface area contributed by atoms with Gasteiger partial charge >= 0.3 is 0 Å². The monoisotopic (exact) mass is 403 g/mol. The molecule has 1 atom stereocenters. The average Bonchev–Trinajstić information content (AvgIpc) is 3.16. The van der Waals surface area contributed by atoms with Gasteiger partial charge in [0.05, 0.1) is 24.3 Å². The molecule has 1 aliphatic rings. The van der Waals surface area contributed by atoms with Crippen LogP contribution in [-0.2, 0) is 21.8 Å². The first kappa shape index (κ1) is 18.7. The standard InChI is InChI=1S/C18H18FN5O3S/c1-23-11-16(22-12-23)28(25,26)24-8-9-27-15(10-24)18-17(20-6-7-21-18)13-4-2-3-5-14(13)19/h2-7,11-12,15H,8-10H2,1H3. The van der Waals surface area contributed by atoms with Crippen molar-refractivity contribution in [1.82, 2.24) is 23.8 Å². The molecular formula is C18H18FN5O3S. The third-order valence-corrected chi connectivity index (χ3v) is 6.23. The van der Waals surface area contributed by atoms with Crippen LogP contribution in [0.5, 0.6) is 0 Å². The topological polar surface area (TPSA) is 90.2 Å². The Kier molecular flexibility index (Phi) is 4.92. The second-order valence-electron chi connectivity index (χ2n) is 6.37. The normalized spacial score (nSPS) is 18.3. The fourth-order valence-electron chi connectivity index (χ4n) is 3.11. The Labute approximate surface area is 161 Å². The molecule has 0 N–H and O–H groups in total. The number of ether oxygens (including phenoxy) is 1. The second kappa shape index (κ2) is 7.38. The molecular weight excluding hydrogens is 385 g/mol. The van der Waals surface area contributed by atoms with Crippen molar-refractivity contribution < 1.29 is 17.5 Å². The molecule has 10 heteroatoms. The van der Waals surface area contributed by atoms with E-state index in [1.807, 2.05) is 0 Å². The van der Waals surface area contributed by atoms with Gasteiger partial charge in [0.2, 0.25) is 0 Å². The Morgan fingerprint density at radius 2 is 1.96 bits per heavy atom. The lowest BCUT2D eigenvalue weighted by Crippen LogP contribution is -2.42. The molecule has 0 amide bonds. The highest BCUT2D eigenvalue weighted by Crippen LogP contribution is 2.31. The molecule has 3 heterocycles. The molecule has 1 aliphatic heterocycles. The Bertz CT molecular complexity index is 1100. The van der Waals surface area contributed by atoms with E-state index in [0.717, 1.165) is 0 Å². The molecule has 1 unspecified atom stereocenters. The van der Waals surface area contributed by atoms with Gasteiger partial charge in [-0.3, -0.25) is 9.97 Å². The fraction of sp³-hybridized carbons (Fsp3) is 0.278. The van der Waals surface area contributed by atoms with Crippen molar-refractivity contribution in [3.05, 3.63) is 60.7 Å². The molecule has 0 aliphatic carbocycles. The summed E-state index contributed by atoms with van der Waals surface area (Å²) in [6.45, 7) is 0.424. The molecule has 2 aromatic heterocycles. The maximum atomic E-state index is 14.3. The number of imidazole rings is 1. The number of halogens is 1. The molecule has 3 aromatic rings. The third-order valence-electron chi connectivity index (χ3n) is 4.48. The van der Waals surface area contributed by atoms with Gasteiger partial charge in [0.1, 0.15) is 11.9 Å². The molecule has 8 nitrogen and oxygen atoms in total. The summed E-state index contributed by atoms with van der Waals surface area (Å²) in [5.74, 6) is -0.432. The molecule has 1 aromatic carbocycles. The number of benzene rings is 1. The van der Waals surface area contributed by atoms with Crippen molar-refractivity contribution in [2.75, 3.05) is 19.7 Å². The Morgan fingerprint density at radius 1 is 1.18 bits per heavy atom. The summed E-state index contributed by atoms with van der Waals surface area (Å²) < 4.78 is 48.7. The summed E-state index contributed by atoms with van der Waals surface area (Å²) in [7, 11) is -2.07. The zero-order valence-corrected chi connectivity index (χ0v) is 15.9. The zero-order chi connectivity index (χ0) is 19.7. The van der Waals surface area contributed by atoms with Crippen molar-refractivity contribution in [1.29, 1.82) is 0 Å². The highest BCUT2D eigenvalue weighted by Gasteiger charge is 2.34. The first-order valence-corrected chi connectivity index (χ1v) is 10.1. The fourth-order valence-corrected chi connectivity index (χ4v) is 4.50. The Hall–Kier alpha value is -2.69. The SMILES string of the molecule is Cn1cnc(S(=O)(=O)N2CCOC(c3nccnc3-c3ccccc3F)C2)c1. The van der Waals surface area contributed by atoms with Gasteiger partial charge in [-0.25, -0.2) is 17.8 Å². The van der Waals surface area contributed by atoms with Gasteiger partial charge in [0.25, 0.3) is 10.0 Å². The lowest BCUT2D eigenvalue weighted by molar-refractivity contribution is -0.00484. The number of sulfonamides is 1. The van der Waals surface area contributed by atoms with Crippen LogP contribution in [0, 0.1) is 5.82 Å². The summed E-state index contributed by atoms with van der Waals surface area (Å²) in [5.41, 5.74) is 1.02. The Morgan fingerprint density at radius 3 is 2.71 bits per heavy atom. The number of aryl methyl sites for hydroxylation is 1. The van der Waals surface area contributed by atoms with Crippen molar-refractivity contribution in [2.45, 2.75) is 11.1 Å². The molecule has 0 bridgehead atoms. The predicted molar refractivity (Wildman–Crippen MR) is 98.1 cm³/mol. The number of nitrogens with zero attached hydrogens (tertiary/aromatic N) is 5. The van der Waals surface area contributed by atoms with Crippen LogP contribution in [0.15, 0.2) is 54.2 Å². The van der Waals surface area contributed by atoms with Gasteiger partial charge in [0.15, 0.2) is 5.03 Å². The number of rotatable bonds is 4. The lowest BCUT2D eigenvalue weighted by Gasteiger charge is -2.31. The van der Waals surface area contributed by atoms with E-state index in [9.17, 15) is 12.8 Å². The minimum Gasteiger partial charge on any atom is -0.369 e. The maximum absolute atomic E-state index is 14.3. The van der Waals surface area contributed by atoms with Crippen molar-refractivity contribution in [3.8, 4) is 11.3 Å². The third kappa shape index (κ3) is 3.41. The minimum atomic E-state index is -3.77. The van der Waals surface area contributed by atoms with Gasteiger partial charge in [-0.05, 0) is 12.1 Å². The first-order valence-electron chi connectivity index (χ1n) is 8.62. The van der Waals surface area contributed by atoms with Crippen molar-refractivity contribution in [2.24, 2.45) is 7.05 Å². The van der Waals surface area contributed by atoms with Crippen LogP contribution in [0.1, 0.15) is 11.8 Å². The van der Waals surface area contributed by atoms with Crippen LogP contribution >= 0.6 is 0 Å². The Balaban J connectivity index is 1.67. The van der Waals surface area contributed by atoms with Crippen LogP contribution in [0.2, 0.25) is 0 Å². The summed E-state index contributed by atoms with van der Waals surface area (Å²) in [6.07, 6.45) is 5.16. The van der Waals surface area contributed by atoms with E-state index in [4.69, 9.17) is 4.74 Å². The van der Waals surface area contributed by atoms with E-state index in [2.05, 4.69) is 15.0 Å². The predicted octanol–water partition coefficient (Wildman–Crippen LogP) is 1.78. The second-order valence-corrected chi connectivity index (χ2v) is 8.25. The van der Waals surface area contributed by atoms with Gasteiger partial charge in [0, 0.05) is 44.3 Å². The van der Waals surface area contributed by atoms with Gasteiger partial charge in [-0.1, -0.05) is 12.1 Å². The lowest BCUT2D eigenvalue weighted by atomic mass is 10.1. The van der Waals surface area contributed by atoms with E-state index < -0.39 is 21.9 Å². The largest absolute Gasteiger partial charge is 0.369 e. The molecule has 0 spiro atoms.